The van der Waals surface area contributed by atoms with Crippen LogP contribution in [0.25, 0.3) is 0 Å². The molecule has 94 valence electrons. The van der Waals surface area contributed by atoms with E-state index in [4.69, 9.17) is 10.5 Å². The summed E-state index contributed by atoms with van der Waals surface area (Å²) in [6, 6.07) is 0.738. The second kappa shape index (κ2) is 5.03. The average molecular weight is 226 g/mol. The fourth-order valence-corrected chi connectivity index (χ4v) is 3.07. The minimum atomic E-state index is 0.0770. The van der Waals surface area contributed by atoms with Gasteiger partial charge in [-0.25, -0.2) is 0 Å². The second-order valence-electron chi connectivity index (χ2n) is 5.97. The Balaban J connectivity index is 1.84. The Morgan fingerprint density at radius 1 is 1.25 bits per heavy atom. The first-order chi connectivity index (χ1) is 7.61. The molecule has 0 saturated carbocycles. The van der Waals surface area contributed by atoms with Crippen molar-refractivity contribution in [2.45, 2.75) is 51.2 Å². The summed E-state index contributed by atoms with van der Waals surface area (Å²) in [6.45, 7) is 8.70. The van der Waals surface area contributed by atoms with Gasteiger partial charge in [0, 0.05) is 12.6 Å². The SMILES string of the molecule is CC1(C)CC(N2CCC(CN)CC2)CCO1. The largest absolute Gasteiger partial charge is 0.375 e. The van der Waals surface area contributed by atoms with Crippen LogP contribution < -0.4 is 5.73 Å². The van der Waals surface area contributed by atoms with E-state index >= 15 is 0 Å². The molecule has 0 bridgehead atoms. The molecule has 0 radical (unpaired) electrons. The van der Waals surface area contributed by atoms with E-state index in [9.17, 15) is 0 Å². The molecule has 0 aliphatic carbocycles. The summed E-state index contributed by atoms with van der Waals surface area (Å²) in [5.41, 5.74) is 5.81. The average Bonchev–Trinajstić information content (AvgIpc) is 2.28. The van der Waals surface area contributed by atoms with Crippen molar-refractivity contribution in [3.8, 4) is 0 Å². The van der Waals surface area contributed by atoms with Gasteiger partial charge in [-0.1, -0.05) is 0 Å². The third kappa shape index (κ3) is 2.96. The van der Waals surface area contributed by atoms with E-state index in [2.05, 4.69) is 18.7 Å². The molecule has 0 aromatic rings. The Labute approximate surface area is 99.3 Å². The molecule has 0 spiro atoms. The third-order valence-electron chi connectivity index (χ3n) is 4.17. The van der Waals surface area contributed by atoms with E-state index in [-0.39, 0.29) is 5.60 Å². The number of piperidine rings is 1. The zero-order valence-electron chi connectivity index (χ0n) is 10.7. The number of nitrogens with zero attached hydrogens (tertiary/aromatic N) is 1. The molecule has 0 amide bonds. The normalized spacial score (nSPS) is 32.8. The molecule has 2 aliphatic heterocycles. The maximum absolute atomic E-state index is 5.78. The Morgan fingerprint density at radius 3 is 2.50 bits per heavy atom. The van der Waals surface area contributed by atoms with Crippen molar-refractivity contribution >= 4 is 0 Å². The molecule has 3 heteroatoms. The summed E-state index contributed by atoms with van der Waals surface area (Å²) in [5, 5.41) is 0. The lowest BCUT2D eigenvalue weighted by atomic mass is 9.89. The van der Waals surface area contributed by atoms with E-state index in [1.165, 1.54) is 38.8 Å². The molecule has 2 heterocycles. The van der Waals surface area contributed by atoms with Crippen LogP contribution in [0.2, 0.25) is 0 Å². The summed E-state index contributed by atoms with van der Waals surface area (Å²) in [7, 11) is 0. The van der Waals surface area contributed by atoms with Crippen LogP contribution in [-0.2, 0) is 4.74 Å². The molecule has 1 atom stereocenters. The quantitative estimate of drug-likeness (QED) is 0.777. The van der Waals surface area contributed by atoms with Crippen molar-refractivity contribution in [3.05, 3.63) is 0 Å². The van der Waals surface area contributed by atoms with E-state index in [0.717, 1.165) is 25.1 Å². The van der Waals surface area contributed by atoms with Gasteiger partial charge in [-0.15, -0.1) is 0 Å². The molecule has 16 heavy (non-hydrogen) atoms. The minimum Gasteiger partial charge on any atom is -0.375 e. The first kappa shape index (κ1) is 12.3. The highest BCUT2D eigenvalue weighted by Crippen LogP contribution is 2.29. The number of nitrogens with two attached hydrogens (primary N) is 1. The maximum Gasteiger partial charge on any atom is 0.0641 e. The number of ether oxygens (including phenoxy) is 1. The van der Waals surface area contributed by atoms with Crippen molar-refractivity contribution in [1.82, 2.24) is 4.90 Å². The van der Waals surface area contributed by atoms with Crippen molar-refractivity contribution in [2.24, 2.45) is 11.7 Å². The number of likely N-dealkylation sites (tertiary alicyclic amines) is 1. The Hall–Kier alpha value is -0.120. The Kier molecular flexibility index (Phi) is 3.88. The van der Waals surface area contributed by atoms with Crippen molar-refractivity contribution in [1.29, 1.82) is 0 Å². The zero-order chi connectivity index (χ0) is 11.6. The van der Waals surface area contributed by atoms with Crippen molar-refractivity contribution in [2.75, 3.05) is 26.2 Å². The standard InChI is InChI=1S/C13H26N2O/c1-13(2)9-12(5-8-16-13)15-6-3-11(10-14)4-7-15/h11-12H,3-10,14H2,1-2H3. The van der Waals surface area contributed by atoms with Gasteiger partial charge in [-0.3, -0.25) is 0 Å². The highest BCUT2D eigenvalue weighted by atomic mass is 16.5. The predicted molar refractivity (Wildman–Crippen MR) is 66.4 cm³/mol. The summed E-state index contributed by atoms with van der Waals surface area (Å²) >= 11 is 0. The molecular weight excluding hydrogens is 200 g/mol. The molecule has 2 aliphatic rings. The van der Waals surface area contributed by atoms with Crippen molar-refractivity contribution in [3.63, 3.8) is 0 Å². The van der Waals surface area contributed by atoms with E-state index in [0.29, 0.717) is 0 Å². The summed E-state index contributed by atoms with van der Waals surface area (Å²) in [5.74, 6) is 0.768. The third-order valence-corrected chi connectivity index (χ3v) is 4.17. The fraction of sp³-hybridized carbons (Fsp3) is 1.00. The van der Waals surface area contributed by atoms with Crippen LogP contribution in [0, 0.1) is 5.92 Å². The van der Waals surface area contributed by atoms with Crippen LogP contribution >= 0.6 is 0 Å². The molecule has 2 N–H and O–H groups in total. The molecular formula is C13H26N2O. The van der Waals surface area contributed by atoms with Crippen LogP contribution in [0.5, 0.6) is 0 Å². The topological polar surface area (TPSA) is 38.5 Å². The monoisotopic (exact) mass is 226 g/mol. The summed E-state index contributed by atoms with van der Waals surface area (Å²) < 4.78 is 5.78. The predicted octanol–water partition coefficient (Wildman–Crippen LogP) is 1.61. The summed E-state index contributed by atoms with van der Waals surface area (Å²) in [4.78, 5) is 2.66. The van der Waals surface area contributed by atoms with Gasteiger partial charge < -0.3 is 15.4 Å². The van der Waals surface area contributed by atoms with E-state index in [1.807, 2.05) is 0 Å². The lowest BCUT2D eigenvalue weighted by Gasteiger charge is -2.43. The van der Waals surface area contributed by atoms with Gasteiger partial charge in [0.25, 0.3) is 0 Å². The Bertz CT molecular complexity index is 222. The summed E-state index contributed by atoms with van der Waals surface area (Å²) in [6.07, 6.45) is 4.96. The minimum absolute atomic E-state index is 0.0770. The first-order valence-electron chi connectivity index (χ1n) is 6.69. The molecule has 1 unspecified atom stereocenters. The van der Waals surface area contributed by atoms with Crippen molar-refractivity contribution < 1.29 is 4.74 Å². The van der Waals surface area contributed by atoms with E-state index < -0.39 is 0 Å². The second-order valence-corrected chi connectivity index (χ2v) is 5.97. The maximum atomic E-state index is 5.78. The molecule has 2 saturated heterocycles. The lowest BCUT2D eigenvalue weighted by molar-refractivity contribution is -0.0866. The molecule has 0 aromatic heterocycles. The Morgan fingerprint density at radius 2 is 1.94 bits per heavy atom. The molecule has 2 fully saturated rings. The van der Waals surface area contributed by atoms with Gasteiger partial charge in [0.15, 0.2) is 0 Å². The molecule has 2 rings (SSSR count). The molecule has 3 nitrogen and oxygen atoms in total. The molecule has 0 aromatic carbocycles. The van der Waals surface area contributed by atoms with Crippen LogP contribution in [0.15, 0.2) is 0 Å². The number of hydrogen-bond acceptors (Lipinski definition) is 3. The highest BCUT2D eigenvalue weighted by molar-refractivity contribution is 4.87. The van der Waals surface area contributed by atoms with Gasteiger partial charge in [-0.2, -0.15) is 0 Å². The van der Waals surface area contributed by atoms with E-state index in [1.54, 1.807) is 0 Å². The van der Waals surface area contributed by atoms with Gasteiger partial charge in [-0.05, 0) is 65.1 Å². The van der Waals surface area contributed by atoms with Crippen LogP contribution in [0.4, 0.5) is 0 Å². The van der Waals surface area contributed by atoms with Gasteiger partial charge >= 0.3 is 0 Å². The van der Waals surface area contributed by atoms with Gasteiger partial charge in [0.1, 0.15) is 0 Å². The van der Waals surface area contributed by atoms with Crippen LogP contribution in [0.3, 0.4) is 0 Å². The van der Waals surface area contributed by atoms with Gasteiger partial charge in [0.05, 0.1) is 5.60 Å². The number of hydrogen-bond donors (Lipinski definition) is 1. The van der Waals surface area contributed by atoms with Crippen LogP contribution in [0.1, 0.15) is 39.5 Å². The zero-order valence-corrected chi connectivity index (χ0v) is 10.7. The smallest absolute Gasteiger partial charge is 0.0641 e. The van der Waals surface area contributed by atoms with Gasteiger partial charge in [0.2, 0.25) is 0 Å². The first-order valence-corrected chi connectivity index (χ1v) is 6.69. The number of rotatable bonds is 2. The fourth-order valence-electron chi connectivity index (χ4n) is 3.07. The lowest BCUT2D eigenvalue weighted by Crippen LogP contribution is -2.49. The highest BCUT2D eigenvalue weighted by Gasteiger charge is 2.33. The van der Waals surface area contributed by atoms with Crippen LogP contribution in [-0.4, -0.2) is 42.8 Å².